The maximum Gasteiger partial charge on any atom is 0.231 e. The topological polar surface area (TPSA) is 61.5 Å². The first kappa shape index (κ1) is 9.00. The second kappa shape index (κ2) is 2.98. The van der Waals surface area contributed by atoms with Gasteiger partial charge in [-0.1, -0.05) is 0 Å². The largest absolute Gasteiger partial charge is 0.454 e. The molecular formula is C10H5ClN4O2. The van der Waals surface area contributed by atoms with Crippen LogP contribution in [0.3, 0.4) is 0 Å². The van der Waals surface area contributed by atoms with Crippen LogP contribution in [0.15, 0.2) is 18.5 Å². The van der Waals surface area contributed by atoms with Crippen LogP contribution in [-0.2, 0) is 0 Å². The van der Waals surface area contributed by atoms with E-state index in [1.807, 2.05) is 6.07 Å². The Morgan fingerprint density at radius 3 is 2.94 bits per heavy atom. The molecule has 0 aliphatic carbocycles. The molecular weight excluding hydrogens is 244 g/mol. The van der Waals surface area contributed by atoms with Gasteiger partial charge in [0.2, 0.25) is 12.1 Å². The van der Waals surface area contributed by atoms with Gasteiger partial charge in [0.05, 0.1) is 5.52 Å². The van der Waals surface area contributed by atoms with Crippen LogP contribution >= 0.6 is 11.6 Å². The summed E-state index contributed by atoms with van der Waals surface area (Å²) in [4.78, 5) is 4.27. The number of hydrogen-bond donors (Lipinski definition) is 0. The Hall–Kier alpha value is -2.08. The maximum absolute atomic E-state index is 6.03. The summed E-state index contributed by atoms with van der Waals surface area (Å²) in [6, 6.07) is 3.63. The lowest BCUT2D eigenvalue weighted by atomic mass is 10.2. The van der Waals surface area contributed by atoms with Gasteiger partial charge in [0.25, 0.3) is 0 Å². The molecule has 3 aromatic rings. The summed E-state index contributed by atoms with van der Waals surface area (Å²) in [6.07, 6.45) is 1.52. The number of benzene rings is 1. The van der Waals surface area contributed by atoms with Gasteiger partial charge in [-0.25, -0.2) is 4.98 Å². The Balaban J connectivity index is 2.22. The Kier molecular flexibility index (Phi) is 1.58. The smallest absolute Gasteiger partial charge is 0.231 e. The molecule has 7 heteroatoms. The van der Waals surface area contributed by atoms with Crippen molar-refractivity contribution in [3.05, 3.63) is 23.7 Å². The second-order valence-corrected chi connectivity index (χ2v) is 3.97. The number of halogens is 1. The molecule has 1 aliphatic heterocycles. The lowest BCUT2D eigenvalue weighted by molar-refractivity contribution is 0.174. The summed E-state index contributed by atoms with van der Waals surface area (Å²) in [5.41, 5.74) is 1.36. The third-order valence-corrected chi connectivity index (χ3v) is 2.96. The van der Waals surface area contributed by atoms with Crippen LogP contribution in [0, 0.1) is 0 Å². The van der Waals surface area contributed by atoms with E-state index in [1.165, 1.54) is 6.33 Å². The molecule has 0 unspecified atom stereocenters. The molecule has 0 amide bonds. The van der Waals surface area contributed by atoms with Crippen molar-refractivity contribution in [1.29, 1.82) is 0 Å². The van der Waals surface area contributed by atoms with E-state index in [4.69, 9.17) is 21.1 Å². The molecule has 2 aromatic heterocycles. The van der Waals surface area contributed by atoms with Gasteiger partial charge in [0.15, 0.2) is 17.1 Å². The lowest BCUT2D eigenvalue weighted by Gasteiger charge is -2.03. The van der Waals surface area contributed by atoms with Crippen LogP contribution in [0.1, 0.15) is 0 Å². The zero-order chi connectivity index (χ0) is 11.4. The van der Waals surface area contributed by atoms with Crippen molar-refractivity contribution < 1.29 is 9.47 Å². The van der Waals surface area contributed by atoms with Gasteiger partial charge in [-0.2, -0.15) is 0 Å². The number of hydrogen-bond acceptors (Lipinski definition) is 5. The summed E-state index contributed by atoms with van der Waals surface area (Å²) >= 11 is 6.03. The van der Waals surface area contributed by atoms with Crippen molar-refractivity contribution in [2.75, 3.05) is 6.79 Å². The van der Waals surface area contributed by atoms with E-state index >= 15 is 0 Å². The van der Waals surface area contributed by atoms with Crippen molar-refractivity contribution >= 4 is 28.2 Å². The number of rotatable bonds is 0. The van der Waals surface area contributed by atoms with Gasteiger partial charge in [-0.3, -0.25) is 4.40 Å². The van der Waals surface area contributed by atoms with E-state index in [0.29, 0.717) is 27.9 Å². The quantitative estimate of drug-likeness (QED) is 0.566. The molecule has 0 spiro atoms. The molecule has 17 heavy (non-hydrogen) atoms. The van der Waals surface area contributed by atoms with E-state index in [1.54, 1.807) is 10.5 Å². The van der Waals surface area contributed by atoms with Crippen LogP contribution in [0.2, 0.25) is 5.28 Å². The fourth-order valence-corrected chi connectivity index (χ4v) is 2.12. The van der Waals surface area contributed by atoms with Crippen LogP contribution < -0.4 is 9.47 Å². The number of aromatic nitrogens is 4. The van der Waals surface area contributed by atoms with Crippen molar-refractivity contribution in [3.63, 3.8) is 0 Å². The SMILES string of the molecule is Clc1nc2cc3c(cc2c2nncn12)OCO3. The molecule has 3 heterocycles. The van der Waals surface area contributed by atoms with Crippen LogP contribution in [-0.4, -0.2) is 26.4 Å². The lowest BCUT2D eigenvalue weighted by Crippen LogP contribution is -1.92. The standard InChI is InChI=1S/C10H5ClN4O2/c11-10-13-6-2-8-7(16-4-17-8)1-5(6)9-14-12-3-15(9)10/h1-3H,4H2. The zero-order valence-electron chi connectivity index (χ0n) is 8.42. The highest BCUT2D eigenvalue weighted by Crippen LogP contribution is 2.36. The first-order valence-corrected chi connectivity index (χ1v) is 5.29. The Bertz CT molecular complexity index is 755. The van der Waals surface area contributed by atoms with Gasteiger partial charge in [-0.15, -0.1) is 10.2 Å². The van der Waals surface area contributed by atoms with E-state index in [-0.39, 0.29) is 6.79 Å². The van der Waals surface area contributed by atoms with Gasteiger partial charge in [0, 0.05) is 11.5 Å². The molecule has 0 N–H and O–H groups in total. The van der Waals surface area contributed by atoms with Gasteiger partial charge in [-0.05, 0) is 17.7 Å². The number of ether oxygens (including phenoxy) is 2. The summed E-state index contributed by atoms with van der Waals surface area (Å²) < 4.78 is 12.2. The Morgan fingerprint density at radius 2 is 2.06 bits per heavy atom. The minimum absolute atomic E-state index is 0.225. The molecule has 0 fully saturated rings. The fraction of sp³-hybridized carbons (Fsp3) is 0.100. The predicted octanol–water partition coefficient (Wildman–Crippen LogP) is 1.66. The highest BCUT2D eigenvalue weighted by atomic mass is 35.5. The predicted molar refractivity (Wildman–Crippen MR) is 59.4 cm³/mol. The first-order valence-electron chi connectivity index (χ1n) is 4.91. The van der Waals surface area contributed by atoms with Crippen LogP contribution in [0.5, 0.6) is 11.5 Å². The van der Waals surface area contributed by atoms with E-state index in [9.17, 15) is 0 Å². The molecule has 0 bridgehead atoms. The first-order chi connectivity index (χ1) is 8.33. The zero-order valence-corrected chi connectivity index (χ0v) is 9.18. The van der Waals surface area contributed by atoms with Gasteiger partial charge < -0.3 is 9.47 Å². The van der Waals surface area contributed by atoms with Gasteiger partial charge in [0.1, 0.15) is 6.33 Å². The van der Waals surface area contributed by atoms with Crippen molar-refractivity contribution in [1.82, 2.24) is 19.6 Å². The monoisotopic (exact) mass is 248 g/mol. The molecule has 84 valence electrons. The molecule has 4 rings (SSSR count). The minimum Gasteiger partial charge on any atom is -0.454 e. The fourth-order valence-electron chi connectivity index (χ4n) is 1.91. The summed E-state index contributed by atoms with van der Waals surface area (Å²) in [5, 5.41) is 8.99. The highest BCUT2D eigenvalue weighted by Gasteiger charge is 2.17. The molecule has 0 saturated carbocycles. The number of fused-ring (bicyclic) bond motifs is 4. The van der Waals surface area contributed by atoms with Crippen LogP contribution in [0.4, 0.5) is 0 Å². The molecule has 1 aromatic carbocycles. The van der Waals surface area contributed by atoms with Crippen LogP contribution in [0.25, 0.3) is 16.6 Å². The summed E-state index contributed by atoms with van der Waals surface area (Å²) in [6.45, 7) is 0.225. The normalized spacial score (nSPS) is 13.7. The third-order valence-electron chi connectivity index (χ3n) is 2.69. The van der Waals surface area contributed by atoms with E-state index in [0.717, 1.165) is 5.39 Å². The van der Waals surface area contributed by atoms with Crippen molar-refractivity contribution in [3.8, 4) is 11.5 Å². The molecule has 6 nitrogen and oxygen atoms in total. The highest BCUT2D eigenvalue weighted by molar-refractivity contribution is 6.29. The Morgan fingerprint density at radius 1 is 1.24 bits per heavy atom. The maximum atomic E-state index is 6.03. The average molecular weight is 249 g/mol. The molecule has 0 radical (unpaired) electrons. The Labute approximate surface area is 99.7 Å². The molecule has 1 aliphatic rings. The van der Waals surface area contributed by atoms with Crippen molar-refractivity contribution in [2.24, 2.45) is 0 Å². The molecule has 0 saturated heterocycles. The third kappa shape index (κ3) is 1.13. The second-order valence-electron chi connectivity index (χ2n) is 3.63. The summed E-state index contributed by atoms with van der Waals surface area (Å²) in [7, 11) is 0. The number of nitrogens with zero attached hydrogens (tertiary/aromatic N) is 4. The van der Waals surface area contributed by atoms with E-state index < -0.39 is 0 Å². The van der Waals surface area contributed by atoms with Crippen molar-refractivity contribution in [2.45, 2.75) is 0 Å². The van der Waals surface area contributed by atoms with Gasteiger partial charge >= 0.3 is 0 Å². The minimum atomic E-state index is 0.225. The average Bonchev–Trinajstić information content (AvgIpc) is 2.95. The van der Waals surface area contributed by atoms with E-state index in [2.05, 4.69) is 15.2 Å². The summed E-state index contributed by atoms with van der Waals surface area (Å²) in [5.74, 6) is 1.36. The molecule has 0 atom stereocenters.